The van der Waals surface area contributed by atoms with Crippen LogP contribution in [0.3, 0.4) is 0 Å². The molecule has 3 aliphatic rings. The molecule has 13 nitrogen and oxygen atoms in total. The number of Topliss-reactive ketones (excluding diaryl/α,β-unsaturated/α-hetero) is 2. The van der Waals surface area contributed by atoms with Crippen LogP contribution in [0.15, 0.2) is 28.7 Å². The fourth-order valence-corrected chi connectivity index (χ4v) is 6.18. The lowest BCUT2D eigenvalue weighted by molar-refractivity contribution is -0.148. The van der Waals surface area contributed by atoms with Crippen LogP contribution in [-0.2, 0) is 20.7 Å². The Morgan fingerprint density at radius 1 is 1.17 bits per heavy atom. The molecule has 7 N–H and O–H groups in total. The number of phenols is 1. The number of hydrogen-bond donors (Lipinski definition) is 6. The van der Waals surface area contributed by atoms with E-state index >= 15 is 0 Å². The Balaban J connectivity index is 1.89. The van der Waals surface area contributed by atoms with Crippen molar-refractivity contribution >= 4 is 34.9 Å². The first-order chi connectivity index (χ1) is 19.0. The Hall–Kier alpha value is -4.10. The quantitative estimate of drug-likeness (QED) is 0.212. The first-order valence-electron chi connectivity index (χ1n) is 13.2. The molecule has 0 heterocycles. The number of phenolic OH excluding ortho intramolecular Hbond substituents is 1. The number of aliphatic hydroxyl groups is 3. The van der Waals surface area contributed by atoms with E-state index in [0.717, 1.165) is 0 Å². The zero-order valence-electron chi connectivity index (χ0n) is 23.8. The van der Waals surface area contributed by atoms with Crippen molar-refractivity contribution in [3.8, 4) is 5.75 Å². The van der Waals surface area contributed by atoms with Crippen LogP contribution in [0, 0.1) is 17.8 Å². The molecule has 41 heavy (non-hydrogen) atoms. The molecular formula is C28H36N4O9. The number of nitrogens with one attached hydrogen (secondary N) is 1. The standard InChI is InChI=1S/C28H36N4O9/c1-11(2)10-41-27(39)30-15-9-16(31(3)4)13-7-12-8-14-20(32(5)6)23(35)19(26(29)38)25(37)28(14,40)24(36)17(12)22(34)18(13)21(15)33/h9,11-12,14,20,33,35-36,40H,7-8,10H2,1-6H3,(H2,29,38)(H,30,39)/t12-,14-,20-,28-/m1/s1. The number of ketones is 2. The summed E-state index contributed by atoms with van der Waals surface area (Å²) in [6.07, 6.45) is -0.751. The van der Waals surface area contributed by atoms with Crippen LogP contribution in [0.4, 0.5) is 16.2 Å². The average molecular weight is 573 g/mol. The molecule has 4 rings (SSSR count). The van der Waals surface area contributed by atoms with Crippen LogP contribution in [0.2, 0.25) is 0 Å². The molecule has 0 unspecified atom stereocenters. The smallest absolute Gasteiger partial charge is 0.411 e. The van der Waals surface area contributed by atoms with Crippen molar-refractivity contribution in [1.82, 2.24) is 4.90 Å². The second-order valence-corrected chi connectivity index (χ2v) is 11.6. The monoisotopic (exact) mass is 572 g/mol. The molecule has 0 spiro atoms. The number of primary amides is 1. The molecule has 0 bridgehead atoms. The predicted octanol–water partition coefficient (Wildman–Crippen LogP) is 1.39. The zero-order chi connectivity index (χ0) is 30.7. The van der Waals surface area contributed by atoms with Crippen molar-refractivity contribution in [3.63, 3.8) is 0 Å². The number of likely N-dealkylation sites (N-methyl/N-ethyl adjacent to an activating group) is 1. The molecule has 222 valence electrons. The number of allylic oxidation sites excluding steroid dienone is 1. The van der Waals surface area contributed by atoms with Crippen LogP contribution in [0.5, 0.6) is 5.75 Å². The molecular weight excluding hydrogens is 536 g/mol. The van der Waals surface area contributed by atoms with E-state index in [9.17, 15) is 39.6 Å². The first-order valence-corrected chi connectivity index (χ1v) is 13.2. The molecule has 0 saturated carbocycles. The molecule has 0 aliphatic heterocycles. The number of fused-ring (bicyclic) bond motifs is 3. The van der Waals surface area contributed by atoms with Gasteiger partial charge in [-0.15, -0.1) is 0 Å². The third-order valence-electron chi connectivity index (χ3n) is 7.97. The van der Waals surface area contributed by atoms with Crippen molar-refractivity contribution in [2.75, 3.05) is 45.0 Å². The topological polar surface area (TPSA) is 203 Å². The van der Waals surface area contributed by atoms with Crippen LogP contribution >= 0.6 is 0 Å². The van der Waals surface area contributed by atoms with Gasteiger partial charge in [0.15, 0.2) is 17.1 Å². The summed E-state index contributed by atoms with van der Waals surface area (Å²) in [5.74, 6) is -7.39. The molecule has 0 saturated heterocycles. The number of nitrogens with zero attached hydrogens (tertiary/aromatic N) is 2. The van der Waals surface area contributed by atoms with Gasteiger partial charge < -0.3 is 35.8 Å². The van der Waals surface area contributed by atoms with Crippen molar-refractivity contribution in [2.45, 2.75) is 38.3 Å². The number of carbonyl (C=O) groups excluding carboxylic acids is 4. The maximum atomic E-state index is 14.0. The minimum absolute atomic E-state index is 0.0269. The van der Waals surface area contributed by atoms with Gasteiger partial charge in [-0.1, -0.05) is 13.8 Å². The summed E-state index contributed by atoms with van der Waals surface area (Å²) >= 11 is 0. The molecule has 2 amide bonds. The van der Waals surface area contributed by atoms with E-state index in [1.54, 1.807) is 33.1 Å². The maximum absolute atomic E-state index is 14.0. The highest BCUT2D eigenvalue weighted by Crippen LogP contribution is 2.53. The van der Waals surface area contributed by atoms with Gasteiger partial charge in [-0.25, -0.2) is 4.79 Å². The van der Waals surface area contributed by atoms with Gasteiger partial charge in [0, 0.05) is 31.3 Å². The average Bonchev–Trinajstić information content (AvgIpc) is 2.85. The van der Waals surface area contributed by atoms with E-state index in [0.29, 0.717) is 11.3 Å². The molecule has 4 atom stereocenters. The van der Waals surface area contributed by atoms with E-state index < -0.39 is 69.9 Å². The second kappa shape index (κ2) is 10.4. The van der Waals surface area contributed by atoms with Crippen molar-refractivity contribution in [3.05, 3.63) is 39.9 Å². The number of carbonyl (C=O) groups is 4. The number of benzene rings is 1. The fraction of sp³-hybridized carbons (Fsp3) is 0.500. The maximum Gasteiger partial charge on any atom is 0.411 e. The fourth-order valence-electron chi connectivity index (χ4n) is 6.18. The highest BCUT2D eigenvalue weighted by Gasteiger charge is 2.63. The molecule has 13 heteroatoms. The summed E-state index contributed by atoms with van der Waals surface area (Å²) in [7, 11) is 6.57. The number of hydrogen-bond acceptors (Lipinski definition) is 11. The SMILES string of the molecule is CC(C)COC(=O)Nc1cc(N(C)C)c2c(c1O)C(=O)C1=C(O)[C@@]3(O)C(=O)C(C(N)=O)=C(O)[C@H](N(C)C)[C@H]3C[C@H]1C2. The van der Waals surface area contributed by atoms with Crippen LogP contribution in [0.25, 0.3) is 0 Å². The van der Waals surface area contributed by atoms with Crippen LogP contribution in [0.1, 0.15) is 36.2 Å². The summed E-state index contributed by atoms with van der Waals surface area (Å²) in [6.45, 7) is 3.83. The van der Waals surface area contributed by atoms with Gasteiger partial charge >= 0.3 is 6.09 Å². The van der Waals surface area contributed by atoms with E-state index in [1.165, 1.54) is 11.0 Å². The van der Waals surface area contributed by atoms with Gasteiger partial charge in [-0.3, -0.25) is 24.6 Å². The lowest BCUT2D eigenvalue weighted by Crippen LogP contribution is -2.63. The van der Waals surface area contributed by atoms with Crippen molar-refractivity contribution in [1.29, 1.82) is 0 Å². The van der Waals surface area contributed by atoms with E-state index in [-0.39, 0.29) is 42.2 Å². The normalized spacial score (nSPS) is 25.6. The number of anilines is 2. The van der Waals surface area contributed by atoms with Gasteiger partial charge in [0.1, 0.15) is 17.1 Å². The van der Waals surface area contributed by atoms with Gasteiger partial charge in [0.2, 0.25) is 5.78 Å². The molecule has 1 aromatic rings. The summed E-state index contributed by atoms with van der Waals surface area (Å²) in [6, 6.07) is 0.428. The summed E-state index contributed by atoms with van der Waals surface area (Å²) in [4.78, 5) is 55.1. The van der Waals surface area contributed by atoms with Crippen LogP contribution < -0.4 is 16.0 Å². The van der Waals surface area contributed by atoms with Crippen LogP contribution in [-0.4, -0.2) is 95.3 Å². The lowest BCUT2D eigenvalue weighted by atomic mass is 9.58. The number of nitrogens with two attached hydrogens (primary N) is 1. The summed E-state index contributed by atoms with van der Waals surface area (Å²) < 4.78 is 5.14. The number of ether oxygens (including phenoxy) is 1. The van der Waals surface area contributed by atoms with Gasteiger partial charge in [0.25, 0.3) is 5.91 Å². The summed E-state index contributed by atoms with van der Waals surface area (Å²) in [5.41, 5.74) is 2.09. The Labute approximate surface area is 236 Å². The third-order valence-corrected chi connectivity index (χ3v) is 7.97. The highest BCUT2D eigenvalue weighted by atomic mass is 16.5. The molecule has 3 aliphatic carbocycles. The Kier molecular flexibility index (Phi) is 7.56. The van der Waals surface area contributed by atoms with Gasteiger partial charge in [-0.05, 0) is 50.4 Å². The third kappa shape index (κ3) is 4.58. The number of rotatable bonds is 6. The lowest BCUT2D eigenvalue weighted by Gasteiger charge is -2.50. The first kappa shape index (κ1) is 29.9. The van der Waals surface area contributed by atoms with Crippen molar-refractivity contribution < 1.29 is 44.3 Å². The van der Waals surface area contributed by atoms with E-state index in [4.69, 9.17) is 10.5 Å². The zero-order valence-corrected chi connectivity index (χ0v) is 23.8. The van der Waals surface area contributed by atoms with E-state index in [2.05, 4.69) is 5.32 Å². The van der Waals surface area contributed by atoms with Crippen molar-refractivity contribution in [2.24, 2.45) is 23.5 Å². The number of amides is 2. The minimum Gasteiger partial charge on any atom is -0.510 e. The Morgan fingerprint density at radius 2 is 1.80 bits per heavy atom. The number of aromatic hydroxyl groups is 1. The highest BCUT2D eigenvalue weighted by molar-refractivity contribution is 6.25. The number of aliphatic hydroxyl groups excluding tert-OH is 2. The minimum atomic E-state index is -2.74. The van der Waals surface area contributed by atoms with Gasteiger partial charge in [-0.2, -0.15) is 0 Å². The van der Waals surface area contributed by atoms with E-state index in [1.807, 2.05) is 13.8 Å². The summed E-state index contributed by atoms with van der Waals surface area (Å²) in [5, 5.41) is 47.7. The van der Waals surface area contributed by atoms with Gasteiger partial charge in [0.05, 0.1) is 23.9 Å². The molecule has 0 fully saturated rings. The predicted molar refractivity (Wildman–Crippen MR) is 148 cm³/mol. The Morgan fingerprint density at radius 3 is 2.34 bits per heavy atom. The second-order valence-electron chi connectivity index (χ2n) is 11.6. The molecule has 0 aromatic heterocycles. The largest absolute Gasteiger partial charge is 0.510 e. The molecule has 1 aromatic carbocycles. The molecule has 0 radical (unpaired) electrons. The Bertz CT molecular complexity index is 1410.